The first-order chi connectivity index (χ1) is 18.1. The SMILES string of the molecule is CCC[CH2][Sn]([CH2]CCC)([CH2]CCCCC[n+]1ccn(CC)c1)[c]1cccc(C(=O)OCC)c1.F[B-](F)(F)F. The molecule has 0 fully saturated rings. The molecule has 4 nitrogen and oxygen atoms in total. The molecule has 0 saturated carbocycles. The number of carbonyl (C=O) groups is 1. The standard InChI is InChI=1S/C11H20N2.C9H9O2.2C4H9.BF4.Sn/c1-3-5-6-7-8-13-10-9-12(4-2)11-13;1-2-11-9(10)8-6-4-3-5-7-8;2*1-3-4-2;2-1(3,4)5;/h9-11H,1,3-8H2,2H3;3-4,6-7H,2H2,1H3;2*1,3-4H2,2H3;;/q+1;;;;-1;. The third-order valence-corrected chi connectivity index (χ3v) is 22.5. The topological polar surface area (TPSA) is 35.1 Å². The van der Waals surface area contributed by atoms with Gasteiger partial charge in [-0.05, 0) is 0 Å². The van der Waals surface area contributed by atoms with Gasteiger partial charge >= 0.3 is 214 Å². The number of hydrogen-bond acceptors (Lipinski definition) is 2. The molecule has 38 heavy (non-hydrogen) atoms. The van der Waals surface area contributed by atoms with Crippen LogP contribution in [0.2, 0.25) is 13.3 Å². The van der Waals surface area contributed by atoms with E-state index in [1.54, 1.807) is 3.58 Å². The Bertz CT molecular complexity index is 910. The van der Waals surface area contributed by atoms with Gasteiger partial charge in [-0.3, -0.25) is 0 Å². The molecule has 0 aliphatic rings. The Morgan fingerprint density at radius 3 is 2.08 bits per heavy atom. The van der Waals surface area contributed by atoms with Crippen LogP contribution in [0.3, 0.4) is 0 Å². The molecule has 0 amide bonds. The van der Waals surface area contributed by atoms with Crippen LogP contribution >= 0.6 is 0 Å². The van der Waals surface area contributed by atoms with Gasteiger partial charge in [0.15, 0.2) is 0 Å². The van der Waals surface area contributed by atoms with Crippen LogP contribution < -0.4 is 8.15 Å². The molecule has 0 bridgehead atoms. The number of hydrogen-bond donors (Lipinski definition) is 0. The van der Waals surface area contributed by atoms with Crippen LogP contribution in [0.4, 0.5) is 17.3 Å². The zero-order chi connectivity index (χ0) is 28.4. The summed E-state index contributed by atoms with van der Waals surface area (Å²) in [5.74, 6) is -0.167. The van der Waals surface area contributed by atoms with E-state index < -0.39 is 25.6 Å². The number of esters is 1. The van der Waals surface area contributed by atoms with E-state index in [4.69, 9.17) is 4.74 Å². The van der Waals surface area contributed by atoms with Crippen LogP contribution in [0.25, 0.3) is 0 Å². The number of unbranched alkanes of at least 4 members (excludes halogenated alkanes) is 5. The second-order valence-electron chi connectivity index (χ2n) is 9.93. The van der Waals surface area contributed by atoms with Gasteiger partial charge in [0.2, 0.25) is 0 Å². The van der Waals surface area contributed by atoms with Crippen molar-refractivity contribution in [2.24, 2.45) is 0 Å². The fraction of sp³-hybridized carbons (Fsp3) is 0.643. The Balaban J connectivity index is 0.00000132. The van der Waals surface area contributed by atoms with Gasteiger partial charge in [0, 0.05) is 0 Å². The minimum Gasteiger partial charge on any atom is -0.418 e. The second-order valence-corrected chi connectivity index (χ2v) is 23.2. The van der Waals surface area contributed by atoms with Gasteiger partial charge in [0.25, 0.3) is 0 Å². The average molecular weight is 649 g/mol. The van der Waals surface area contributed by atoms with Crippen LogP contribution in [0.1, 0.15) is 89.4 Å². The monoisotopic (exact) mass is 650 g/mol. The van der Waals surface area contributed by atoms with Crippen molar-refractivity contribution >= 4 is 35.2 Å². The maximum absolute atomic E-state index is 12.4. The quantitative estimate of drug-likeness (QED) is 0.0577. The third-order valence-electron chi connectivity index (χ3n) is 6.94. The number of imidazole rings is 1. The molecule has 1 aromatic carbocycles. The van der Waals surface area contributed by atoms with Gasteiger partial charge in [-0.1, -0.05) is 0 Å². The molecule has 10 heteroatoms. The molecule has 0 unspecified atom stereocenters. The zero-order valence-electron chi connectivity index (χ0n) is 23.7. The Morgan fingerprint density at radius 1 is 0.921 bits per heavy atom. The van der Waals surface area contributed by atoms with E-state index >= 15 is 0 Å². The first-order valence-corrected chi connectivity index (χ1v) is 21.8. The van der Waals surface area contributed by atoms with Crippen molar-refractivity contribution < 1.29 is 31.4 Å². The molecule has 216 valence electrons. The summed E-state index contributed by atoms with van der Waals surface area (Å²) in [7, 11) is -6.00. The minimum absolute atomic E-state index is 0.167. The van der Waals surface area contributed by atoms with Gasteiger partial charge in [-0.15, -0.1) is 0 Å². The number of carbonyl (C=O) groups excluding carboxylic acids is 1. The number of aryl methyl sites for hydroxylation is 2. The number of halogens is 4. The van der Waals surface area contributed by atoms with Gasteiger partial charge in [0.05, 0.1) is 0 Å². The molecular formula is C28H47BF4N2O2Sn. The van der Waals surface area contributed by atoms with Gasteiger partial charge in [-0.25, -0.2) is 0 Å². The van der Waals surface area contributed by atoms with Crippen molar-refractivity contribution in [3.8, 4) is 0 Å². The number of nitrogens with zero attached hydrogens (tertiary/aromatic N) is 2. The Kier molecular flexibility index (Phi) is 17.0. The van der Waals surface area contributed by atoms with Gasteiger partial charge in [-0.2, -0.15) is 0 Å². The summed E-state index contributed by atoms with van der Waals surface area (Å²) < 4.78 is 54.7. The molecule has 2 rings (SSSR count). The Labute approximate surface area is 231 Å². The van der Waals surface area contributed by atoms with E-state index in [-0.39, 0.29) is 5.97 Å². The van der Waals surface area contributed by atoms with Crippen LogP contribution in [0.15, 0.2) is 43.0 Å². The fourth-order valence-electron chi connectivity index (χ4n) is 4.90. The smallest absolute Gasteiger partial charge is 0.418 e. The summed E-state index contributed by atoms with van der Waals surface area (Å²) >= 11 is -2.59. The molecule has 0 aliphatic heterocycles. The minimum atomic E-state index is -6.00. The predicted octanol–water partition coefficient (Wildman–Crippen LogP) is 7.79. The van der Waals surface area contributed by atoms with Crippen molar-refractivity contribution in [3.05, 3.63) is 48.5 Å². The molecule has 0 N–H and O–H groups in total. The first kappa shape index (κ1) is 34.5. The fourth-order valence-corrected chi connectivity index (χ4v) is 20.6. The van der Waals surface area contributed by atoms with E-state index in [1.165, 1.54) is 64.7 Å². The summed E-state index contributed by atoms with van der Waals surface area (Å²) in [6.45, 7) is 11.3. The Hall–Kier alpha value is -1.52. The molecule has 2 aromatic rings. The zero-order valence-corrected chi connectivity index (χ0v) is 26.6. The van der Waals surface area contributed by atoms with Crippen molar-refractivity contribution in [1.82, 2.24) is 4.57 Å². The maximum atomic E-state index is 12.4. The van der Waals surface area contributed by atoms with Crippen LogP contribution in [0, 0.1) is 0 Å². The molecule has 1 heterocycles. The van der Waals surface area contributed by atoms with Crippen molar-refractivity contribution in [2.75, 3.05) is 6.61 Å². The molecule has 0 saturated heterocycles. The first-order valence-electron chi connectivity index (χ1n) is 14.3. The summed E-state index contributed by atoms with van der Waals surface area (Å²) in [5, 5.41) is 0. The number of rotatable bonds is 17. The number of ether oxygens (including phenoxy) is 1. The predicted molar refractivity (Wildman–Crippen MR) is 151 cm³/mol. The summed E-state index contributed by atoms with van der Waals surface area (Å²) in [6.07, 6.45) is 17.0. The van der Waals surface area contributed by atoms with E-state index in [0.717, 1.165) is 18.7 Å². The van der Waals surface area contributed by atoms with Crippen LogP contribution in [-0.2, 0) is 17.8 Å². The Morgan fingerprint density at radius 2 is 1.53 bits per heavy atom. The number of aromatic nitrogens is 2. The van der Waals surface area contributed by atoms with Gasteiger partial charge < -0.3 is 17.3 Å². The summed E-state index contributed by atoms with van der Waals surface area (Å²) in [5.41, 5.74) is 0.750. The van der Waals surface area contributed by atoms with Crippen LogP contribution in [-0.4, -0.2) is 42.8 Å². The van der Waals surface area contributed by atoms with Crippen molar-refractivity contribution in [3.63, 3.8) is 0 Å². The molecule has 0 radical (unpaired) electrons. The van der Waals surface area contributed by atoms with Crippen molar-refractivity contribution in [1.29, 1.82) is 0 Å². The van der Waals surface area contributed by atoms with Crippen molar-refractivity contribution in [2.45, 2.75) is 105 Å². The van der Waals surface area contributed by atoms with E-state index in [2.05, 4.69) is 66.8 Å². The van der Waals surface area contributed by atoms with Crippen LogP contribution in [0.5, 0.6) is 0 Å². The third kappa shape index (κ3) is 14.0. The molecular weight excluding hydrogens is 602 g/mol. The largest absolute Gasteiger partial charge is 0.673 e. The summed E-state index contributed by atoms with van der Waals surface area (Å²) in [4.78, 5) is 12.4. The van der Waals surface area contributed by atoms with E-state index in [0.29, 0.717) is 6.61 Å². The van der Waals surface area contributed by atoms with E-state index in [9.17, 15) is 22.1 Å². The molecule has 0 aliphatic carbocycles. The van der Waals surface area contributed by atoms with E-state index in [1.807, 2.05) is 13.0 Å². The number of benzene rings is 1. The normalized spacial score (nSPS) is 11.7. The molecule has 1 aromatic heterocycles. The van der Waals surface area contributed by atoms with Gasteiger partial charge in [0.1, 0.15) is 0 Å². The molecule has 0 spiro atoms. The maximum Gasteiger partial charge on any atom is 0.673 e. The second kappa shape index (κ2) is 18.7. The average Bonchev–Trinajstić information content (AvgIpc) is 3.34. The molecule has 0 atom stereocenters. The summed E-state index contributed by atoms with van der Waals surface area (Å²) in [6, 6.07) is 8.60.